The number of nitrogens with one attached hydrogen (secondary N) is 1. The molecule has 2 heterocycles. The molecule has 0 spiro atoms. The minimum Gasteiger partial charge on any atom is -0.481 e. The van der Waals surface area contributed by atoms with Gasteiger partial charge in [-0.15, -0.1) is 11.3 Å². The summed E-state index contributed by atoms with van der Waals surface area (Å²) in [7, 11) is -2.14. The van der Waals surface area contributed by atoms with Crippen LogP contribution in [0.2, 0.25) is 0 Å². The molecule has 9 heteroatoms. The summed E-state index contributed by atoms with van der Waals surface area (Å²) in [5.41, 5.74) is 0.749. The van der Waals surface area contributed by atoms with Crippen LogP contribution < -0.4 is 0 Å². The Kier molecular flexibility index (Phi) is 4.21. The van der Waals surface area contributed by atoms with Gasteiger partial charge in [0.25, 0.3) is 10.0 Å². The molecule has 2 rings (SSSR count). The summed E-state index contributed by atoms with van der Waals surface area (Å²) in [5, 5.41) is 15.1. The number of H-pyrrole nitrogens is 1. The lowest BCUT2D eigenvalue weighted by molar-refractivity contribution is -0.136. The van der Waals surface area contributed by atoms with Crippen LogP contribution in [0.25, 0.3) is 0 Å². The SMILES string of the molecule is CN(Cc1cn[nH]c1)S(=O)(=O)c1ccc(CC(=O)O)s1. The molecule has 0 saturated heterocycles. The van der Waals surface area contributed by atoms with Crippen molar-refractivity contribution in [3.63, 3.8) is 0 Å². The van der Waals surface area contributed by atoms with Gasteiger partial charge in [-0.1, -0.05) is 0 Å². The number of aromatic amines is 1. The van der Waals surface area contributed by atoms with E-state index in [4.69, 9.17) is 5.11 Å². The minimum absolute atomic E-state index is 0.139. The quantitative estimate of drug-likeness (QED) is 0.825. The number of nitrogens with zero attached hydrogens (tertiary/aromatic N) is 2. The maximum atomic E-state index is 12.3. The maximum absolute atomic E-state index is 12.3. The maximum Gasteiger partial charge on any atom is 0.308 e. The van der Waals surface area contributed by atoms with Crippen LogP contribution in [0.4, 0.5) is 0 Å². The molecular formula is C11H13N3O4S2. The van der Waals surface area contributed by atoms with Gasteiger partial charge in [-0.25, -0.2) is 8.42 Å². The summed E-state index contributed by atoms with van der Waals surface area (Å²) in [6.45, 7) is 0.199. The van der Waals surface area contributed by atoms with Crippen LogP contribution in [-0.4, -0.2) is 41.0 Å². The highest BCUT2D eigenvalue weighted by atomic mass is 32.2. The molecule has 0 aliphatic rings. The van der Waals surface area contributed by atoms with Crippen LogP contribution in [0.15, 0.2) is 28.7 Å². The Morgan fingerprint density at radius 1 is 1.50 bits per heavy atom. The molecule has 108 valence electrons. The highest BCUT2D eigenvalue weighted by molar-refractivity contribution is 7.91. The lowest BCUT2D eigenvalue weighted by atomic mass is 10.3. The van der Waals surface area contributed by atoms with Crippen molar-refractivity contribution in [2.45, 2.75) is 17.2 Å². The smallest absolute Gasteiger partial charge is 0.308 e. The summed E-state index contributed by atoms with van der Waals surface area (Å²) in [6, 6.07) is 2.96. The van der Waals surface area contributed by atoms with Crippen LogP contribution in [0.3, 0.4) is 0 Å². The molecule has 0 radical (unpaired) electrons. The third-order valence-corrected chi connectivity index (χ3v) is 5.94. The predicted molar refractivity (Wildman–Crippen MR) is 72.9 cm³/mol. The van der Waals surface area contributed by atoms with Gasteiger partial charge in [0, 0.05) is 30.2 Å². The van der Waals surface area contributed by atoms with E-state index in [0.717, 1.165) is 16.9 Å². The lowest BCUT2D eigenvalue weighted by Crippen LogP contribution is -2.25. The second-order valence-corrected chi connectivity index (χ2v) is 7.60. The van der Waals surface area contributed by atoms with Crippen LogP contribution in [-0.2, 0) is 27.8 Å². The van der Waals surface area contributed by atoms with Crippen LogP contribution in [0.5, 0.6) is 0 Å². The molecule has 0 bridgehead atoms. The third kappa shape index (κ3) is 3.24. The van der Waals surface area contributed by atoms with E-state index in [9.17, 15) is 13.2 Å². The second kappa shape index (κ2) is 5.73. The first-order chi connectivity index (χ1) is 9.39. The van der Waals surface area contributed by atoms with Crippen LogP contribution in [0, 0.1) is 0 Å². The zero-order valence-corrected chi connectivity index (χ0v) is 12.2. The number of hydrogen-bond donors (Lipinski definition) is 2. The molecule has 0 fully saturated rings. The molecule has 0 aliphatic carbocycles. The Morgan fingerprint density at radius 2 is 2.25 bits per heavy atom. The minimum atomic E-state index is -3.61. The van der Waals surface area contributed by atoms with E-state index in [0.29, 0.717) is 4.88 Å². The molecule has 2 aromatic heterocycles. The fourth-order valence-electron chi connectivity index (χ4n) is 1.60. The summed E-state index contributed by atoms with van der Waals surface area (Å²) in [6.07, 6.45) is 3.00. The van der Waals surface area contributed by atoms with Crippen molar-refractivity contribution in [1.82, 2.24) is 14.5 Å². The van der Waals surface area contributed by atoms with Crippen molar-refractivity contribution in [3.8, 4) is 0 Å². The molecule has 0 atom stereocenters. The van der Waals surface area contributed by atoms with Gasteiger partial charge in [-0.05, 0) is 12.1 Å². The van der Waals surface area contributed by atoms with Crippen molar-refractivity contribution in [3.05, 3.63) is 35.0 Å². The van der Waals surface area contributed by atoms with Crippen molar-refractivity contribution in [1.29, 1.82) is 0 Å². The first-order valence-electron chi connectivity index (χ1n) is 5.64. The van der Waals surface area contributed by atoms with Gasteiger partial charge in [0.05, 0.1) is 12.6 Å². The first kappa shape index (κ1) is 14.7. The number of carbonyl (C=O) groups is 1. The topological polar surface area (TPSA) is 103 Å². The van der Waals surface area contributed by atoms with Gasteiger partial charge >= 0.3 is 5.97 Å². The molecule has 2 N–H and O–H groups in total. The summed E-state index contributed by atoms with van der Waals surface area (Å²) in [4.78, 5) is 11.1. The Morgan fingerprint density at radius 3 is 2.85 bits per heavy atom. The van der Waals surface area contributed by atoms with Crippen molar-refractivity contribution in [2.75, 3.05) is 7.05 Å². The van der Waals surface area contributed by atoms with Gasteiger partial charge in [-0.2, -0.15) is 9.40 Å². The normalized spacial score (nSPS) is 11.9. The average molecular weight is 315 g/mol. The molecule has 0 amide bonds. The molecule has 2 aromatic rings. The molecule has 0 unspecified atom stereocenters. The first-order valence-corrected chi connectivity index (χ1v) is 7.90. The van der Waals surface area contributed by atoms with Gasteiger partial charge < -0.3 is 5.11 Å². The van der Waals surface area contributed by atoms with Crippen molar-refractivity contribution in [2.24, 2.45) is 0 Å². The fourth-order valence-corrected chi connectivity index (χ4v) is 4.32. The van der Waals surface area contributed by atoms with E-state index in [-0.39, 0.29) is 17.2 Å². The number of hydrogen-bond acceptors (Lipinski definition) is 5. The van der Waals surface area contributed by atoms with E-state index >= 15 is 0 Å². The Balaban J connectivity index is 2.16. The van der Waals surface area contributed by atoms with E-state index in [1.165, 1.54) is 23.5 Å². The Hall–Kier alpha value is -1.71. The number of aliphatic carboxylic acids is 1. The molecule has 20 heavy (non-hydrogen) atoms. The number of thiophene rings is 1. The highest BCUT2D eigenvalue weighted by Crippen LogP contribution is 2.25. The zero-order valence-electron chi connectivity index (χ0n) is 10.6. The molecular weight excluding hydrogens is 302 g/mol. The predicted octanol–water partition coefficient (Wildman–Crippen LogP) is 0.919. The summed E-state index contributed by atoms with van der Waals surface area (Å²) in [5.74, 6) is -0.984. The van der Waals surface area contributed by atoms with Crippen LogP contribution in [0.1, 0.15) is 10.4 Å². The van der Waals surface area contributed by atoms with E-state index < -0.39 is 16.0 Å². The largest absolute Gasteiger partial charge is 0.481 e. The average Bonchev–Trinajstić information content (AvgIpc) is 2.99. The van der Waals surface area contributed by atoms with E-state index in [1.54, 1.807) is 12.4 Å². The Bertz CT molecular complexity index is 691. The van der Waals surface area contributed by atoms with Gasteiger partial charge in [0.2, 0.25) is 0 Å². The third-order valence-electron chi connectivity index (χ3n) is 2.59. The highest BCUT2D eigenvalue weighted by Gasteiger charge is 2.23. The van der Waals surface area contributed by atoms with Gasteiger partial charge in [0.15, 0.2) is 0 Å². The van der Waals surface area contributed by atoms with E-state index in [1.807, 2.05) is 0 Å². The number of carboxylic acid groups (broad SMARTS) is 1. The van der Waals surface area contributed by atoms with Crippen LogP contribution >= 0.6 is 11.3 Å². The molecule has 0 aliphatic heterocycles. The van der Waals surface area contributed by atoms with E-state index in [2.05, 4.69) is 10.2 Å². The Labute approximate surface area is 119 Å². The molecule has 0 saturated carbocycles. The number of aromatic nitrogens is 2. The number of sulfonamides is 1. The van der Waals surface area contributed by atoms with Crippen molar-refractivity contribution >= 4 is 27.3 Å². The summed E-state index contributed by atoms with van der Waals surface area (Å²) >= 11 is 0.975. The molecule has 0 aromatic carbocycles. The monoisotopic (exact) mass is 315 g/mol. The lowest BCUT2D eigenvalue weighted by Gasteiger charge is -2.14. The number of carboxylic acids is 1. The van der Waals surface area contributed by atoms with Crippen molar-refractivity contribution < 1.29 is 18.3 Å². The fraction of sp³-hybridized carbons (Fsp3) is 0.273. The molecule has 7 nitrogen and oxygen atoms in total. The number of rotatable bonds is 6. The zero-order chi connectivity index (χ0) is 14.8. The van der Waals surface area contributed by atoms with Gasteiger partial charge in [0.1, 0.15) is 4.21 Å². The summed E-state index contributed by atoms with van der Waals surface area (Å²) < 4.78 is 26.0. The standard InChI is InChI=1S/C11H13N3O4S2/c1-14(7-8-5-12-13-6-8)20(17,18)11-3-2-9(19-11)4-10(15)16/h2-3,5-6H,4,7H2,1H3,(H,12,13)(H,15,16). The van der Waals surface area contributed by atoms with Gasteiger partial charge in [-0.3, -0.25) is 9.89 Å². The second-order valence-electron chi connectivity index (χ2n) is 4.16.